The molecule has 0 saturated heterocycles. The molecule has 1 atom stereocenters. The third kappa shape index (κ3) is 4.35. The van der Waals surface area contributed by atoms with Crippen molar-refractivity contribution >= 4 is 11.6 Å². The van der Waals surface area contributed by atoms with Crippen molar-refractivity contribution in [1.82, 2.24) is 10.1 Å². The van der Waals surface area contributed by atoms with Gasteiger partial charge in [-0.05, 0) is 29.8 Å². The van der Waals surface area contributed by atoms with E-state index in [2.05, 4.69) is 15.5 Å². The molecule has 0 fully saturated rings. The molecule has 7 heteroatoms. The van der Waals surface area contributed by atoms with Crippen LogP contribution in [0, 0.1) is 6.92 Å². The molecule has 2 aromatic carbocycles. The van der Waals surface area contributed by atoms with Gasteiger partial charge in [0.15, 0.2) is 6.61 Å². The van der Waals surface area contributed by atoms with E-state index in [0.717, 1.165) is 11.3 Å². The lowest BCUT2D eigenvalue weighted by Crippen LogP contribution is -2.27. The fraction of sp³-hybridized carbons (Fsp3) is 0.167. The summed E-state index contributed by atoms with van der Waals surface area (Å²) in [4.78, 5) is 15.8. The van der Waals surface area contributed by atoms with E-state index in [1.807, 2.05) is 42.5 Å². The van der Waals surface area contributed by atoms with Crippen LogP contribution in [0.15, 0.2) is 59.1 Å². The SMILES string of the molecule is Cc1nc(COc2ccc(N[C@@H](C(N)=O)c3ccccc3)cc2)no1. The van der Waals surface area contributed by atoms with Gasteiger partial charge in [-0.3, -0.25) is 4.79 Å². The Labute approximate surface area is 144 Å². The Morgan fingerprint density at radius 1 is 1.20 bits per heavy atom. The van der Waals surface area contributed by atoms with Crippen LogP contribution in [0.1, 0.15) is 23.3 Å². The number of rotatable bonds is 7. The first-order chi connectivity index (χ1) is 12.1. The van der Waals surface area contributed by atoms with Crippen molar-refractivity contribution in [3.8, 4) is 5.75 Å². The molecule has 7 nitrogen and oxygen atoms in total. The Kier molecular flexibility index (Phi) is 4.94. The molecule has 128 valence electrons. The van der Waals surface area contributed by atoms with Crippen molar-refractivity contribution in [3.05, 3.63) is 71.9 Å². The summed E-state index contributed by atoms with van der Waals surface area (Å²) in [6.07, 6.45) is 0. The first-order valence-electron chi connectivity index (χ1n) is 7.74. The van der Waals surface area contributed by atoms with Gasteiger partial charge in [0.1, 0.15) is 11.8 Å². The lowest BCUT2D eigenvalue weighted by Gasteiger charge is -2.17. The van der Waals surface area contributed by atoms with Gasteiger partial charge in [0.05, 0.1) is 0 Å². The number of ether oxygens (including phenoxy) is 1. The van der Waals surface area contributed by atoms with Crippen LogP contribution in [0.4, 0.5) is 5.69 Å². The fourth-order valence-corrected chi connectivity index (χ4v) is 2.33. The molecule has 3 rings (SSSR count). The number of nitrogens with two attached hydrogens (primary N) is 1. The zero-order valence-electron chi connectivity index (χ0n) is 13.7. The molecule has 1 aromatic heterocycles. The number of benzene rings is 2. The number of aromatic nitrogens is 2. The second-order valence-electron chi connectivity index (χ2n) is 5.43. The number of primary amides is 1. The van der Waals surface area contributed by atoms with Crippen LogP contribution in [0.25, 0.3) is 0 Å². The molecule has 0 unspecified atom stereocenters. The predicted molar refractivity (Wildman–Crippen MR) is 91.8 cm³/mol. The molecule has 25 heavy (non-hydrogen) atoms. The van der Waals surface area contributed by atoms with Gasteiger partial charge in [-0.15, -0.1) is 0 Å². The highest BCUT2D eigenvalue weighted by Gasteiger charge is 2.17. The lowest BCUT2D eigenvalue weighted by molar-refractivity contribution is -0.118. The molecular weight excluding hydrogens is 320 g/mol. The Hall–Kier alpha value is -3.35. The van der Waals surface area contributed by atoms with E-state index < -0.39 is 11.9 Å². The Morgan fingerprint density at radius 2 is 1.92 bits per heavy atom. The third-order valence-corrected chi connectivity index (χ3v) is 3.52. The van der Waals surface area contributed by atoms with Gasteiger partial charge in [-0.25, -0.2) is 0 Å². The number of carbonyl (C=O) groups excluding carboxylic acids is 1. The topological polar surface area (TPSA) is 103 Å². The van der Waals surface area contributed by atoms with Gasteiger partial charge in [-0.2, -0.15) is 4.98 Å². The van der Waals surface area contributed by atoms with E-state index in [4.69, 9.17) is 15.0 Å². The average Bonchev–Trinajstić information content (AvgIpc) is 3.05. The van der Waals surface area contributed by atoms with Crippen LogP contribution in [0.3, 0.4) is 0 Å². The number of nitrogens with zero attached hydrogens (tertiary/aromatic N) is 2. The van der Waals surface area contributed by atoms with Crippen molar-refractivity contribution in [2.45, 2.75) is 19.6 Å². The smallest absolute Gasteiger partial charge is 0.244 e. The van der Waals surface area contributed by atoms with Crippen molar-refractivity contribution in [2.75, 3.05) is 5.32 Å². The molecule has 3 aromatic rings. The van der Waals surface area contributed by atoms with Crippen molar-refractivity contribution in [1.29, 1.82) is 0 Å². The van der Waals surface area contributed by atoms with Gasteiger partial charge in [0.2, 0.25) is 17.6 Å². The zero-order chi connectivity index (χ0) is 17.6. The molecule has 0 aliphatic rings. The first kappa shape index (κ1) is 16.5. The van der Waals surface area contributed by atoms with Crippen molar-refractivity contribution in [2.24, 2.45) is 5.73 Å². The summed E-state index contributed by atoms with van der Waals surface area (Å²) in [5.41, 5.74) is 7.08. The summed E-state index contributed by atoms with van der Waals surface area (Å²) >= 11 is 0. The molecular formula is C18H18N4O3. The molecule has 0 radical (unpaired) electrons. The van der Waals surface area contributed by atoms with Crippen LogP contribution in [-0.4, -0.2) is 16.0 Å². The van der Waals surface area contributed by atoms with E-state index in [-0.39, 0.29) is 6.61 Å². The normalized spacial score (nSPS) is 11.7. The van der Waals surface area contributed by atoms with Crippen LogP contribution >= 0.6 is 0 Å². The summed E-state index contributed by atoms with van der Waals surface area (Å²) in [5.74, 6) is 1.19. The number of hydrogen-bond acceptors (Lipinski definition) is 6. The van der Waals surface area contributed by atoms with Gasteiger partial charge in [0, 0.05) is 12.6 Å². The monoisotopic (exact) mass is 338 g/mol. The number of anilines is 1. The van der Waals surface area contributed by atoms with Gasteiger partial charge >= 0.3 is 0 Å². The van der Waals surface area contributed by atoms with E-state index in [0.29, 0.717) is 17.5 Å². The predicted octanol–water partition coefficient (Wildman–Crippen LogP) is 2.60. The number of hydrogen-bond donors (Lipinski definition) is 2. The first-order valence-corrected chi connectivity index (χ1v) is 7.74. The number of amides is 1. The van der Waals surface area contributed by atoms with Crippen LogP contribution < -0.4 is 15.8 Å². The third-order valence-electron chi connectivity index (χ3n) is 3.52. The largest absolute Gasteiger partial charge is 0.485 e. The number of nitrogens with one attached hydrogen (secondary N) is 1. The Balaban J connectivity index is 1.64. The highest BCUT2D eigenvalue weighted by molar-refractivity contribution is 5.84. The summed E-state index contributed by atoms with van der Waals surface area (Å²) in [7, 11) is 0. The minimum atomic E-state index is -0.602. The van der Waals surface area contributed by atoms with E-state index >= 15 is 0 Å². The molecule has 0 saturated carbocycles. The summed E-state index contributed by atoms with van der Waals surface area (Å²) < 4.78 is 10.5. The Morgan fingerprint density at radius 3 is 2.52 bits per heavy atom. The lowest BCUT2D eigenvalue weighted by atomic mass is 10.1. The highest BCUT2D eigenvalue weighted by Crippen LogP contribution is 2.22. The van der Waals surface area contributed by atoms with Gasteiger partial charge in [0.25, 0.3) is 0 Å². The fourth-order valence-electron chi connectivity index (χ4n) is 2.33. The molecule has 0 spiro atoms. The molecule has 1 heterocycles. The summed E-state index contributed by atoms with van der Waals surface area (Å²) in [6.45, 7) is 1.94. The summed E-state index contributed by atoms with van der Waals surface area (Å²) in [5, 5.41) is 6.90. The molecule has 0 bridgehead atoms. The second-order valence-corrected chi connectivity index (χ2v) is 5.43. The maximum atomic E-state index is 11.7. The average molecular weight is 338 g/mol. The van der Waals surface area contributed by atoms with E-state index in [1.54, 1.807) is 19.1 Å². The molecule has 1 amide bonds. The molecule has 3 N–H and O–H groups in total. The molecule has 0 aliphatic carbocycles. The minimum absolute atomic E-state index is 0.220. The van der Waals surface area contributed by atoms with Crippen LogP contribution in [0.2, 0.25) is 0 Å². The maximum absolute atomic E-state index is 11.7. The second kappa shape index (κ2) is 7.48. The number of aryl methyl sites for hydroxylation is 1. The van der Waals surface area contributed by atoms with Crippen LogP contribution in [0.5, 0.6) is 5.75 Å². The van der Waals surface area contributed by atoms with E-state index in [1.165, 1.54) is 0 Å². The zero-order valence-corrected chi connectivity index (χ0v) is 13.7. The summed E-state index contributed by atoms with van der Waals surface area (Å²) in [6, 6.07) is 15.9. The van der Waals surface area contributed by atoms with Gasteiger partial charge < -0.3 is 20.3 Å². The van der Waals surface area contributed by atoms with Crippen molar-refractivity contribution in [3.63, 3.8) is 0 Å². The maximum Gasteiger partial charge on any atom is 0.244 e. The minimum Gasteiger partial charge on any atom is -0.485 e. The Bertz CT molecular complexity index is 831. The highest BCUT2D eigenvalue weighted by atomic mass is 16.5. The van der Waals surface area contributed by atoms with Crippen LogP contribution in [-0.2, 0) is 11.4 Å². The van der Waals surface area contributed by atoms with E-state index in [9.17, 15) is 4.79 Å². The van der Waals surface area contributed by atoms with Crippen molar-refractivity contribution < 1.29 is 14.1 Å². The van der Waals surface area contributed by atoms with Gasteiger partial charge in [-0.1, -0.05) is 35.5 Å². The standard InChI is InChI=1S/C18H18N4O3/c1-12-20-16(22-25-12)11-24-15-9-7-14(8-10-15)21-17(18(19)23)13-5-3-2-4-6-13/h2-10,17,21H,11H2,1H3,(H2,19,23)/t17-/m1/s1. The number of carbonyl (C=O) groups is 1. The molecule has 0 aliphatic heterocycles. The quantitative estimate of drug-likeness (QED) is 0.686.